The molecule has 84 valence electrons. The summed E-state index contributed by atoms with van der Waals surface area (Å²) in [5.74, 6) is -1.03. The smallest absolute Gasteiger partial charge is 0.339 e. The van der Waals surface area contributed by atoms with Crippen molar-refractivity contribution in [3.63, 3.8) is 0 Å². The van der Waals surface area contributed by atoms with E-state index in [1.165, 1.54) is 6.20 Å². The fourth-order valence-corrected chi connectivity index (χ4v) is 1.67. The zero-order valence-electron chi connectivity index (χ0n) is 8.53. The highest BCUT2D eigenvalue weighted by molar-refractivity contribution is 5.94. The molecule has 0 aliphatic heterocycles. The quantitative estimate of drug-likeness (QED) is 0.678. The van der Waals surface area contributed by atoms with Gasteiger partial charge in [0, 0.05) is 12.4 Å². The Hall–Kier alpha value is -2.70. The molecule has 0 aliphatic rings. The number of nitrogens with one attached hydrogen (secondary N) is 1. The summed E-state index contributed by atoms with van der Waals surface area (Å²) in [6, 6.07) is 0. The van der Waals surface area contributed by atoms with Crippen LogP contribution in [0.1, 0.15) is 10.4 Å². The van der Waals surface area contributed by atoms with Crippen molar-refractivity contribution in [3.8, 4) is 11.4 Å². The number of aromatic amines is 1. The fraction of sp³-hybridized carbons (Fsp3) is 0. The summed E-state index contributed by atoms with van der Waals surface area (Å²) >= 11 is 0. The number of aromatic nitrogens is 5. The molecule has 0 amide bonds. The maximum Gasteiger partial charge on any atom is 0.339 e. The summed E-state index contributed by atoms with van der Waals surface area (Å²) in [4.78, 5) is 19.1. The molecule has 0 aromatic carbocycles. The number of nitrogens with zero attached hydrogens (tertiary/aromatic N) is 4. The van der Waals surface area contributed by atoms with E-state index in [0.29, 0.717) is 17.0 Å². The minimum absolute atomic E-state index is 0.114. The van der Waals surface area contributed by atoms with Crippen molar-refractivity contribution in [3.05, 3.63) is 36.5 Å². The van der Waals surface area contributed by atoms with Gasteiger partial charge in [0.05, 0.1) is 30.0 Å². The average Bonchev–Trinajstić information content (AvgIpc) is 2.94. The molecule has 3 aromatic heterocycles. The molecule has 2 N–H and O–H groups in total. The van der Waals surface area contributed by atoms with Gasteiger partial charge in [0.1, 0.15) is 5.56 Å². The molecule has 3 heterocycles. The molecule has 0 aliphatic carbocycles. The molecular formula is C10H7N5O2. The first kappa shape index (κ1) is 9.52. The van der Waals surface area contributed by atoms with E-state index in [2.05, 4.69) is 20.2 Å². The maximum absolute atomic E-state index is 11.0. The van der Waals surface area contributed by atoms with Gasteiger partial charge in [-0.3, -0.25) is 14.5 Å². The van der Waals surface area contributed by atoms with Crippen molar-refractivity contribution in [1.82, 2.24) is 24.6 Å². The summed E-state index contributed by atoms with van der Waals surface area (Å²) in [6.07, 6.45) is 7.77. The van der Waals surface area contributed by atoms with Gasteiger partial charge in [0.25, 0.3) is 0 Å². The van der Waals surface area contributed by atoms with Gasteiger partial charge in [-0.15, -0.1) is 0 Å². The number of hydrogen-bond acceptors (Lipinski definition) is 4. The highest BCUT2D eigenvalue weighted by atomic mass is 16.4. The molecule has 0 fully saturated rings. The highest BCUT2D eigenvalue weighted by Crippen LogP contribution is 2.21. The van der Waals surface area contributed by atoms with Crippen LogP contribution in [0.3, 0.4) is 0 Å². The summed E-state index contributed by atoms with van der Waals surface area (Å²) in [6.45, 7) is 0. The molecule has 0 spiro atoms. The normalized spacial score (nSPS) is 10.8. The van der Waals surface area contributed by atoms with Crippen molar-refractivity contribution < 1.29 is 9.90 Å². The minimum atomic E-state index is -1.03. The molecular weight excluding hydrogens is 222 g/mol. The SMILES string of the molecule is O=C(O)c1cn[nH]c1-c1cnc2cnccn12. The molecule has 0 saturated carbocycles. The van der Waals surface area contributed by atoms with Crippen LogP contribution in [0.25, 0.3) is 17.0 Å². The largest absolute Gasteiger partial charge is 0.478 e. The Morgan fingerprint density at radius 1 is 1.35 bits per heavy atom. The van der Waals surface area contributed by atoms with Gasteiger partial charge in [-0.25, -0.2) is 9.78 Å². The lowest BCUT2D eigenvalue weighted by Crippen LogP contribution is -1.98. The third-order valence-electron chi connectivity index (χ3n) is 2.44. The van der Waals surface area contributed by atoms with Crippen LogP contribution in [0.4, 0.5) is 0 Å². The van der Waals surface area contributed by atoms with E-state index < -0.39 is 5.97 Å². The lowest BCUT2D eigenvalue weighted by atomic mass is 10.2. The number of carboxylic acid groups (broad SMARTS) is 1. The van der Waals surface area contributed by atoms with Crippen molar-refractivity contribution in [2.24, 2.45) is 0 Å². The molecule has 0 unspecified atom stereocenters. The van der Waals surface area contributed by atoms with Crippen LogP contribution >= 0.6 is 0 Å². The summed E-state index contributed by atoms with van der Waals surface area (Å²) in [5, 5.41) is 15.4. The Labute approximate surface area is 94.8 Å². The molecule has 0 atom stereocenters. The van der Waals surface area contributed by atoms with Crippen molar-refractivity contribution >= 4 is 11.6 Å². The Kier molecular flexibility index (Phi) is 1.91. The van der Waals surface area contributed by atoms with Gasteiger partial charge in [-0.05, 0) is 0 Å². The number of carbonyl (C=O) groups is 1. The van der Waals surface area contributed by atoms with Crippen LogP contribution in [0.2, 0.25) is 0 Å². The number of rotatable bonds is 2. The molecule has 3 aromatic rings. The van der Waals surface area contributed by atoms with Gasteiger partial charge in [0.15, 0.2) is 5.65 Å². The predicted octanol–water partition coefficient (Wildman–Crippen LogP) is 0.818. The molecule has 0 radical (unpaired) electrons. The van der Waals surface area contributed by atoms with E-state index in [1.54, 1.807) is 29.2 Å². The van der Waals surface area contributed by atoms with Crippen LogP contribution in [0, 0.1) is 0 Å². The third kappa shape index (κ3) is 1.36. The number of fused-ring (bicyclic) bond motifs is 1. The fourth-order valence-electron chi connectivity index (χ4n) is 1.67. The van der Waals surface area contributed by atoms with E-state index in [0.717, 1.165) is 0 Å². The second kappa shape index (κ2) is 3.41. The van der Waals surface area contributed by atoms with Crippen molar-refractivity contribution in [2.75, 3.05) is 0 Å². The molecule has 7 nitrogen and oxygen atoms in total. The number of hydrogen-bond donors (Lipinski definition) is 2. The van der Waals surface area contributed by atoms with Crippen LogP contribution in [-0.4, -0.2) is 35.6 Å². The number of aromatic carboxylic acids is 1. The Balaban J connectivity index is 2.28. The van der Waals surface area contributed by atoms with E-state index in [4.69, 9.17) is 5.11 Å². The van der Waals surface area contributed by atoms with E-state index in [-0.39, 0.29) is 5.56 Å². The van der Waals surface area contributed by atoms with Crippen molar-refractivity contribution in [2.45, 2.75) is 0 Å². The first-order valence-corrected chi connectivity index (χ1v) is 4.81. The lowest BCUT2D eigenvalue weighted by Gasteiger charge is -1.99. The average molecular weight is 229 g/mol. The summed E-state index contributed by atoms with van der Waals surface area (Å²) in [5.41, 5.74) is 1.82. The topological polar surface area (TPSA) is 96.2 Å². The van der Waals surface area contributed by atoms with Gasteiger partial charge in [-0.1, -0.05) is 0 Å². The van der Waals surface area contributed by atoms with Crippen molar-refractivity contribution in [1.29, 1.82) is 0 Å². The molecule has 0 saturated heterocycles. The zero-order valence-corrected chi connectivity index (χ0v) is 8.53. The maximum atomic E-state index is 11.0. The second-order valence-corrected chi connectivity index (χ2v) is 3.41. The number of carboxylic acids is 1. The molecule has 7 heteroatoms. The Bertz CT molecular complexity index is 699. The first-order valence-electron chi connectivity index (χ1n) is 4.81. The van der Waals surface area contributed by atoms with Gasteiger partial charge < -0.3 is 5.11 Å². The summed E-state index contributed by atoms with van der Waals surface area (Å²) in [7, 11) is 0. The van der Waals surface area contributed by atoms with Gasteiger partial charge in [0.2, 0.25) is 0 Å². The van der Waals surface area contributed by atoms with Crippen LogP contribution < -0.4 is 0 Å². The molecule has 0 bridgehead atoms. The molecule has 3 rings (SSSR count). The standard InChI is InChI=1S/C10H7N5O2/c16-10(17)6-3-13-14-9(6)7-4-12-8-5-11-1-2-15(7)8/h1-5H,(H,13,14)(H,16,17). The minimum Gasteiger partial charge on any atom is -0.478 e. The van der Waals surface area contributed by atoms with Crippen LogP contribution in [0.15, 0.2) is 31.0 Å². The van der Waals surface area contributed by atoms with Gasteiger partial charge >= 0.3 is 5.97 Å². The zero-order chi connectivity index (χ0) is 11.8. The monoisotopic (exact) mass is 229 g/mol. The predicted molar refractivity (Wildman–Crippen MR) is 57.5 cm³/mol. The third-order valence-corrected chi connectivity index (χ3v) is 2.44. The molecule has 17 heavy (non-hydrogen) atoms. The highest BCUT2D eigenvalue weighted by Gasteiger charge is 2.16. The summed E-state index contributed by atoms with van der Waals surface area (Å²) < 4.78 is 1.74. The number of H-pyrrole nitrogens is 1. The number of imidazole rings is 1. The van der Waals surface area contributed by atoms with Crippen LogP contribution in [0.5, 0.6) is 0 Å². The Morgan fingerprint density at radius 2 is 2.24 bits per heavy atom. The van der Waals surface area contributed by atoms with Gasteiger partial charge in [-0.2, -0.15) is 5.10 Å². The van der Waals surface area contributed by atoms with E-state index in [9.17, 15) is 4.79 Å². The van der Waals surface area contributed by atoms with Crippen LogP contribution in [-0.2, 0) is 0 Å². The van der Waals surface area contributed by atoms with E-state index >= 15 is 0 Å². The lowest BCUT2D eigenvalue weighted by molar-refractivity contribution is 0.0698. The second-order valence-electron chi connectivity index (χ2n) is 3.41. The Morgan fingerprint density at radius 3 is 3.06 bits per heavy atom. The van der Waals surface area contributed by atoms with E-state index in [1.807, 2.05) is 0 Å². The first-order chi connectivity index (χ1) is 8.27.